The Balaban J connectivity index is 1.87. The summed E-state index contributed by atoms with van der Waals surface area (Å²) in [6, 6.07) is 0.662. The van der Waals surface area contributed by atoms with Crippen molar-refractivity contribution in [2.75, 3.05) is 0 Å². The summed E-state index contributed by atoms with van der Waals surface area (Å²) in [6.07, 6.45) is 12.7. The third kappa shape index (κ3) is 1.63. The summed E-state index contributed by atoms with van der Waals surface area (Å²) in [5, 5.41) is 0. The Labute approximate surface area is 68.9 Å². The Morgan fingerprint density at radius 3 is 2.45 bits per heavy atom. The maximum atomic E-state index is 4.41. The van der Waals surface area contributed by atoms with Crippen LogP contribution >= 0.6 is 0 Å². The van der Waals surface area contributed by atoms with Crippen LogP contribution in [0, 0.1) is 5.92 Å². The molecular formula is C10H16N. The molecule has 1 heteroatoms. The molecule has 1 aliphatic heterocycles. The fraction of sp³-hybridized carbons (Fsp3) is 0.900. The Morgan fingerprint density at radius 1 is 1.00 bits per heavy atom. The number of hydrogen-bond acceptors (Lipinski definition) is 1. The van der Waals surface area contributed by atoms with Gasteiger partial charge in [0.15, 0.2) is 0 Å². The molecule has 0 saturated heterocycles. The van der Waals surface area contributed by atoms with Gasteiger partial charge in [0.1, 0.15) is 0 Å². The Bertz CT molecular complexity index is 145. The number of nitrogens with zero attached hydrogens (tertiary/aromatic N) is 1. The van der Waals surface area contributed by atoms with Gasteiger partial charge in [-0.05, 0) is 31.6 Å². The quantitative estimate of drug-likeness (QED) is 0.545. The van der Waals surface area contributed by atoms with Crippen molar-refractivity contribution >= 4 is 6.21 Å². The van der Waals surface area contributed by atoms with E-state index in [2.05, 4.69) is 11.2 Å². The molecule has 2 rings (SSSR count). The van der Waals surface area contributed by atoms with E-state index in [1.54, 1.807) is 0 Å². The third-order valence-electron chi connectivity index (χ3n) is 3.00. The van der Waals surface area contributed by atoms with Gasteiger partial charge in [0.2, 0.25) is 0 Å². The van der Waals surface area contributed by atoms with Crippen LogP contribution < -0.4 is 0 Å². The highest BCUT2D eigenvalue weighted by molar-refractivity contribution is 5.59. The molecule has 0 amide bonds. The van der Waals surface area contributed by atoms with Crippen LogP contribution in [0.1, 0.15) is 44.9 Å². The van der Waals surface area contributed by atoms with Crippen molar-refractivity contribution in [1.82, 2.24) is 0 Å². The van der Waals surface area contributed by atoms with Gasteiger partial charge in [-0.25, -0.2) is 0 Å². The SMILES string of the molecule is [C]1=NC(C2CCCCC2)CC1. The maximum Gasteiger partial charge on any atom is 0.0562 e. The lowest BCUT2D eigenvalue weighted by atomic mass is 9.83. The van der Waals surface area contributed by atoms with E-state index < -0.39 is 0 Å². The first-order valence-electron chi connectivity index (χ1n) is 4.89. The second kappa shape index (κ2) is 3.38. The first-order valence-corrected chi connectivity index (χ1v) is 4.89. The molecule has 1 nitrogen and oxygen atoms in total. The molecule has 1 unspecified atom stereocenters. The van der Waals surface area contributed by atoms with Crippen LogP contribution in [0.5, 0.6) is 0 Å². The zero-order valence-corrected chi connectivity index (χ0v) is 7.05. The average Bonchev–Trinajstić information content (AvgIpc) is 2.58. The predicted molar refractivity (Wildman–Crippen MR) is 47.0 cm³/mol. The zero-order chi connectivity index (χ0) is 7.52. The number of rotatable bonds is 1. The molecule has 1 aliphatic carbocycles. The topological polar surface area (TPSA) is 12.4 Å². The van der Waals surface area contributed by atoms with E-state index in [0.29, 0.717) is 6.04 Å². The minimum atomic E-state index is 0.662. The van der Waals surface area contributed by atoms with Gasteiger partial charge in [0.25, 0.3) is 0 Å². The second-order valence-corrected chi connectivity index (χ2v) is 3.79. The highest BCUT2D eigenvalue weighted by Crippen LogP contribution is 2.31. The second-order valence-electron chi connectivity index (χ2n) is 3.79. The third-order valence-corrected chi connectivity index (χ3v) is 3.00. The Morgan fingerprint density at radius 2 is 1.82 bits per heavy atom. The number of hydrogen-bond donors (Lipinski definition) is 0. The molecule has 0 aromatic heterocycles. The van der Waals surface area contributed by atoms with Crippen LogP contribution in [0.2, 0.25) is 0 Å². The van der Waals surface area contributed by atoms with Crippen molar-refractivity contribution in [3.63, 3.8) is 0 Å². The highest BCUT2D eigenvalue weighted by atomic mass is 14.8. The molecule has 1 heterocycles. The van der Waals surface area contributed by atoms with Crippen LogP contribution in [0.25, 0.3) is 0 Å². The summed E-state index contributed by atoms with van der Waals surface area (Å²) in [5.74, 6) is 0.916. The molecule has 1 saturated carbocycles. The molecule has 1 atom stereocenters. The van der Waals surface area contributed by atoms with E-state index in [1.807, 2.05) is 0 Å². The van der Waals surface area contributed by atoms with Gasteiger partial charge in [0.05, 0.1) is 12.3 Å². The van der Waals surface area contributed by atoms with Gasteiger partial charge in [-0.2, -0.15) is 0 Å². The van der Waals surface area contributed by atoms with Crippen molar-refractivity contribution in [2.45, 2.75) is 51.0 Å². The van der Waals surface area contributed by atoms with Crippen LogP contribution in [-0.4, -0.2) is 12.3 Å². The Hall–Kier alpha value is -0.330. The molecule has 0 spiro atoms. The van der Waals surface area contributed by atoms with E-state index in [0.717, 1.165) is 12.3 Å². The summed E-state index contributed by atoms with van der Waals surface area (Å²) in [5.41, 5.74) is 0. The molecule has 11 heavy (non-hydrogen) atoms. The first-order chi connectivity index (χ1) is 5.47. The van der Waals surface area contributed by atoms with Crippen molar-refractivity contribution in [3.8, 4) is 0 Å². The minimum absolute atomic E-state index is 0.662. The Kier molecular flexibility index (Phi) is 2.25. The van der Waals surface area contributed by atoms with Crippen molar-refractivity contribution in [2.24, 2.45) is 10.9 Å². The van der Waals surface area contributed by atoms with E-state index in [-0.39, 0.29) is 0 Å². The van der Waals surface area contributed by atoms with Gasteiger partial charge in [0, 0.05) is 0 Å². The smallest absolute Gasteiger partial charge is 0.0562 e. The van der Waals surface area contributed by atoms with Crippen molar-refractivity contribution < 1.29 is 0 Å². The number of aliphatic imine (C=N–C) groups is 1. The van der Waals surface area contributed by atoms with Crippen LogP contribution in [0.4, 0.5) is 0 Å². The van der Waals surface area contributed by atoms with Crippen LogP contribution in [-0.2, 0) is 0 Å². The molecule has 0 aromatic rings. The van der Waals surface area contributed by atoms with Gasteiger partial charge < -0.3 is 0 Å². The maximum absolute atomic E-state index is 4.41. The lowest BCUT2D eigenvalue weighted by Crippen LogP contribution is -2.18. The predicted octanol–water partition coefficient (Wildman–Crippen LogP) is 2.68. The summed E-state index contributed by atoms with van der Waals surface area (Å²) in [6.45, 7) is 0. The molecule has 2 aliphatic rings. The van der Waals surface area contributed by atoms with Gasteiger partial charge in [-0.3, -0.25) is 4.99 Å². The normalized spacial score (nSPS) is 32.9. The molecule has 1 radical (unpaired) electrons. The fourth-order valence-electron chi connectivity index (χ4n) is 2.32. The zero-order valence-electron chi connectivity index (χ0n) is 7.05. The largest absolute Gasteiger partial charge is 0.284 e. The first kappa shape index (κ1) is 7.33. The lowest BCUT2D eigenvalue weighted by Gasteiger charge is -2.25. The molecule has 1 fully saturated rings. The van der Waals surface area contributed by atoms with Crippen LogP contribution in [0.3, 0.4) is 0 Å². The van der Waals surface area contributed by atoms with Gasteiger partial charge in [-0.15, -0.1) is 0 Å². The standard InChI is InChI=1S/C10H16N/c1-2-5-9(6-3-1)10-7-4-8-11-10/h9-10H,1-7H2. The highest BCUT2D eigenvalue weighted by Gasteiger charge is 2.24. The summed E-state index contributed by atoms with van der Waals surface area (Å²) >= 11 is 0. The van der Waals surface area contributed by atoms with Crippen molar-refractivity contribution in [1.29, 1.82) is 0 Å². The van der Waals surface area contributed by atoms with Crippen LogP contribution in [0.15, 0.2) is 4.99 Å². The molecule has 0 bridgehead atoms. The van der Waals surface area contributed by atoms with Gasteiger partial charge >= 0.3 is 0 Å². The van der Waals surface area contributed by atoms with E-state index in [4.69, 9.17) is 0 Å². The van der Waals surface area contributed by atoms with E-state index in [1.165, 1.54) is 38.5 Å². The molecule has 0 N–H and O–H groups in total. The minimum Gasteiger partial charge on any atom is -0.284 e. The molecular weight excluding hydrogens is 134 g/mol. The molecule has 0 aromatic carbocycles. The molecule has 61 valence electrons. The van der Waals surface area contributed by atoms with Crippen molar-refractivity contribution in [3.05, 3.63) is 0 Å². The van der Waals surface area contributed by atoms with E-state index in [9.17, 15) is 0 Å². The lowest BCUT2D eigenvalue weighted by molar-refractivity contribution is 0.305. The monoisotopic (exact) mass is 150 g/mol. The fourth-order valence-corrected chi connectivity index (χ4v) is 2.32. The van der Waals surface area contributed by atoms with E-state index >= 15 is 0 Å². The van der Waals surface area contributed by atoms with Gasteiger partial charge in [-0.1, -0.05) is 19.3 Å². The summed E-state index contributed by atoms with van der Waals surface area (Å²) in [7, 11) is 0. The summed E-state index contributed by atoms with van der Waals surface area (Å²) < 4.78 is 0. The average molecular weight is 150 g/mol. The summed E-state index contributed by atoms with van der Waals surface area (Å²) in [4.78, 5) is 4.41.